The van der Waals surface area contributed by atoms with Crippen molar-refractivity contribution in [3.63, 3.8) is 0 Å². The van der Waals surface area contributed by atoms with Crippen molar-refractivity contribution in [1.29, 1.82) is 10.5 Å². The second kappa shape index (κ2) is 8.14. The van der Waals surface area contributed by atoms with E-state index in [0.717, 1.165) is 35.5 Å². The Bertz CT molecular complexity index is 1200. The molecule has 2 aliphatic rings. The summed E-state index contributed by atoms with van der Waals surface area (Å²) in [5, 5.41) is 20.0. The number of nitrogens with zero attached hydrogens (tertiary/aromatic N) is 3. The predicted octanol–water partition coefficient (Wildman–Crippen LogP) is 7.72. The summed E-state index contributed by atoms with van der Waals surface area (Å²) in [6, 6.07) is 23.4. The zero-order chi connectivity index (χ0) is 21.4. The second-order valence-electron chi connectivity index (χ2n) is 8.29. The van der Waals surface area contributed by atoms with Crippen LogP contribution in [0.4, 0.5) is 17.1 Å². The molecule has 3 aromatic rings. The monoisotopic (exact) mass is 421 g/mol. The van der Waals surface area contributed by atoms with E-state index < -0.39 is 0 Å². The van der Waals surface area contributed by atoms with Crippen molar-refractivity contribution in [2.45, 2.75) is 54.7 Å². The molecule has 3 aromatic carbocycles. The molecule has 1 saturated carbocycles. The summed E-state index contributed by atoms with van der Waals surface area (Å²) in [6.45, 7) is 2.06. The summed E-state index contributed by atoms with van der Waals surface area (Å²) in [5.41, 5.74) is 6.58. The van der Waals surface area contributed by atoms with Crippen LogP contribution in [0.2, 0.25) is 0 Å². The van der Waals surface area contributed by atoms with Crippen molar-refractivity contribution in [3.05, 3.63) is 76.9 Å². The fourth-order valence-corrected chi connectivity index (χ4v) is 6.13. The average molecular weight is 422 g/mol. The number of para-hydroxylation sites is 2. The SMILES string of the molecule is Cc1c(C#N)cc(C#N)c(N2c3ccccc3Sc3ccccc32)c1C1CCCCC1. The predicted molar refractivity (Wildman–Crippen MR) is 125 cm³/mol. The Hall–Kier alpha value is -3.21. The fourth-order valence-electron chi connectivity index (χ4n) is 5.07. The zero-order valence-electron chi connectivity index (χ0n) is 17.6. The minimum Gasteiger partial charge on any atom is -0.307 e. The van der Waals surface area contributed by atoms with Gasteiger partial charge >= 0.3 is 0 Å². The first kappa shape index (κ1) is 19.7. The van der Waals surface area contributed by atoms with Crippen LogP contribution in [-0.2, 0) is 0 Å². The summed E-state index contributed by atoms with van der Waals surface area (Å²) in [5.74, 6) is 0.373. The normalized spacial score (nSPS) is 15.5. The third-order valence-electron chi connectivity index (χ3n) is 6.52. The molecular weight excluding hydrogens is 398 g/mol. The summed E-state index contributed by atoms with van der Waals surface area (Å²) in [4.78, 5) is 4.64. The average Bonchev–Trinajstić information content (AvgIpc) is 2.83. The van der Waals surface area contributed by atoms with Crippen LogP contribution in [-0.4, -0.2) is 0 Å². The maximum absolute atomic E-state index is 10.2. The largest absolute Gasteiger partial charge is 0.307 e. The van der Waals surface area contributed by atoms with Gasteiger partial charge in [0.1, 0.15) is 6.07 Å². The fraction of sp³-hybridized carbons (Fsp3) is 0.259. The van der Waals surface area contributed by atoms with Crippen molar-refractivity contribution in [3.8, 4) is 12.1 Å². The van der Waals surface area contributed by atoms with Gasteiger partial charge in [-0.1, -0.05) is 55.3 Å². The number of benzene rings is 3. The molecule has 0 radical (unpaired) electrons. The van der Waals surface area contributed by atoms with Gasteiger partial charge in [0.25, 0.3) is 0 Å². The van der Waals surface area contributed by atoms with Crippen molar-refractivity contribution in [1.82, 2.24) is 0 Å². The van der Waals surface area contributed by atoms with Gasteiger partial charge in [0.15, 0.2) is 0 Å². The molecule has 0 unspecified atom stereocenters. The molecule has 0 amide bonds. The van der Waals surface area contributed by atoms with Crippen molar-refractivity contribution in [2.75, 3.05) is 4.90 Å². The van der Waals surface area contributed by atoms with Gasteiger partial charge in [0.05, 0.1) is 34.3 Å². The lowest BCUT2D eigenvalue weighted by Crippen LogP contribution is -2.20. The van der Waals surface area contributed by atoms with Crippen molar-refractivity contribution >= 4 is 28.8 Å². The van der Waals surface area contributed by atoms with Gasteiger partial charge in [-0.25, -0.2) is 0 Å². The molecule has 1 aliphatic heterocycles. The van der Waals surface area contributed by atoms with E-state index in [0.29, 0.717) is 17.0 Å². The molecule has 0 aromatic heterocycles. The lowest BCUT2D eigenvalue weighted by atomic mass is 9.79. The first-order chi connectivity index (χ1) is 15.2. The van der Waals surface area contributed by atoms with E-state index in [1.807, 2.05) is 0 Å². The number of nitriles is 2. The van der Waals surface area contributed by atoms with Gasteiger partial charge in [-0.2, -0.15) is 10.5 Å². The summed E-state index contributed by atoms with van der Waals surface area (Å²) < 4.78 is 0. The quantitative estimate of drug-likeness (QED) is 0.332. The van der Waals surface area contributed by atoms with Gasteiger partial charge in [-0.3, -0.25) is 0 Å². The standard InChI is InChI=1S/C27H23N3S/c1-18-20(16-28)15-21(17-29)27(26(18)19-9-3-2-4-10-19)30-22-11-5-7-13-24(22)31-25-14-8-6-12-23(25)30/h5-8,11-15,19H,2-4,9-10H2,1H3. The van der Waals surface area contributed by atoms with Crippen LogP contribution in [0.1, 0.15) is 60.3 Å². The zero-order valence-corrected chi connectivity index (χ0v) is 18.4. The molecule has 0 N–H and O–H groups in total. The molecule has 0 spiro atoms. The molecule has 1 heterocycles. The van der Waals surface area contributed by atoms with Crippen LogP contribution in [0, 0.1) is 29.6 Å². The van der Waals surface area contributed by atoms with Crippen LogP contribution in [0.5, 0.6) is 0 Å². The van der Waals surface area contributed by atoms with E-state index in [9.17, 15) is 10.5 Å². The lowest BCUT2D eigenvalue weighted by molar-refractivity contribution is 0.442. The van der Waals surface area contributed by atoms with Gasteiger partial charge < -0.3 is 4.90 Å². The van der Waals surface area contributed by atoms with Gasteiger partial charge in [-0.15, -0.1) is 0 Å². The number of hydrogen-bond acceptors (Lipinski definition) is 4. The Kier molecular flexibility index (Phi) is 5.18. The van der Waals surface area contributed by atoms with E-state index in [4.69, 9.17) is 0 Å². The Morgan fingerprint density at radius 2 is 1.42 bits per heavy atom. The van der Waals surface area contributed by atoms with E-state index >= 15 is 0 Å². The summed E-state index contributed by atoms with van der Waals surface area (Å²) in [6.07, 6.45) is 5.88. The van der Waals surface area contributed by atoms with E-state index in [1.165, 1.54) is 34.6 Å². The number of hydrogen-bond donors (Lipinski definition) is 0. The number of fused-ring (bicyclic) bond motifs is 2. The molecule has 0 saturated heterocycles. The number of anilines is 3. The molecule has 3 nitrogen and oxygen atoms in total. The highest BCUT2D eigenvalue weighted by Crippen LogP contribution is 2.54. The molecule has 5 rings (SSSR count). The maximum Gasteiger partial charge on any atom is 0.101 e. The highest BCUT2D eigenvalue weighted by molar-refractivity contribution is 7.99. The van der Waals surface area contributed by atoms with E-state index in [2.05, 4.69) is 72.5 Å². The Morgan fingerprint density at radius 3 is 2.00 bits per heavy atom. The van der Waals surface area contributed by atoms with Gasteiger partial charge in [-0.05, 0) is 67.1 Å². The van der Waals surface area contributed by atoms with Crippen LogP contribution in [0.15, 0.2) is 64.4 Å². The Morgan fingerprint density at radius 1 is 0.839 bits per heavy atom. The highest BCUT2D eigenvalue weighted by Gasteiger charge is 2.32. The number of rotatable bonds is 2. The molecule has 1 aliphatic carbocycles. The van der Waals surface area contributed by atoms with Gasteiger partial charge in [0.2, 0.25) is 0 Å². The topological polar surface area (TPSA) is 50.8 Å². The minimum atomic E-state index is 0.373. The third-order valence-corrected chi connectivity index (χ3v) is 7.65. The summed E-state index contributed by atoms with van der Waals surface area (Å²) in [7, 11) is 0. The molecule has 31 heavy (non-hydrogen) atoms. The molecular formula is C27H23N3S. The molecule has 4 heteroatoms. The van der Waals surface area contributed by atoms with Crippen LogP contribution in [0.25, 0.3) is 0 Å². The van der Waals surface area contributed by atoms with Gasteiger partial charge in [0, 0.05) is 9.79 Å². The first-order valence-electron chi connectivity index (χ1n) is 10.9. The maximum atomic E-state index is 10.2. The molecule has 152 valence electrons. The summed E-state index contributed by atoms with van der Waals surface area (Å²) >= 11 is 1.77. The van der Waals surface area contributed by atoms with Crippen LogP contribution in [0.3, 0.4) is 0 Å². The van der Waals surface area contributed by atoms with Crippen molar-refractivity contribution in [2.24, 2.45) is 0 Å². The smallest absolute Gasteiger partial charge is 0.101 e. The first-order valence-corrected chi connectivity index (χ1v) is 11.7. The Labute approximate surface area is 187 Å². The molecule has 1 fully saturated rings. The minimum absolute atomic E-state index is 0.373. The lowest BCUT2D eigenvalue weighted by Gasteiger charge is -2.37. The van der Waals surface area contributed by atoms with E-state index in [1.54, 1.807) is 17.8 Å². The van der Waals surface area contributed by atoms with Crippen LogP contribution < -0.4 is 4.90 Å². The highest BCUT2D eigenvalue weighted by atomic mass is 32.2. The van der Waals surface area contributed by atoms with Crippen LogP contribution >= 0.6 is 11.8 Å². The molecule has 0 bridgehead atoms. The van der Waals surface area contributed by atoms with Crippen molar-refractivity contribution < 1.29 is 0 Å². The van der Waals surface area contributed by atoms with E-state index in [-0.39, 0.29) is 0 Å². The Balaban J connectivity index is 1.85. The second-order valence-corrected chi connectivity index (χ2v) is 9.37. The third kappa shape index (κ3) is 3.29. The molecule has 0 atom stereocenters.